The van der Waals surface area contributed by atoms with Gasteiger partial charge in [0, 0.05) is 18.1 Å². The van der Waals surface area contributed by atoms with E-state index >= 15 is 0 Å². The van der Waals surface area contributed by atoms with Gasteiger partial charge in [0.05, 0.1) is 23.0 Å². The number of hydrazone groups is 1. The van der Waals surface area contributed by atoms with Gasteiger partial charge in [0.2, 0.25) is 5.78 Å². The molecule has 0 radical (unpaired) electrons. The summed E-state index contributed by atoms with van der Waals surface area (Å²) in [6, 6.07) is 9.68. The highest BCUT2D eigenvalue weighted by molar-refractivity contribution is 8.15. The van der Waals surface area contributed by atoms with E-state index < -0.39 is 0 Å². The second kappa shape index (κ2) is 5.85. The summed E-state index contributed by atoms with van der Waals surface area (Å²) in [5.41, 5.74) is 3.79. The fourth-order valence-electron chi connectivity index (χ4n) is 2.38. The minimum Gasteiger partial charge on any atom is -0.345 e. The van der Waals surface area contributed by atoms with Gasteiger partial charge in [-0.15, -0.1) is 0 Å². The summed E-state index contributed by atoms with van der Waals surface area (Å²) < 4.78 is 0. The zero-order valence-corrected chi connectivity index (χ0v) is 13.0. The van der Waals surface area contributed by atoms with Gasteiger partial charge in [0.25, 0.3) is 0 Å². The van der Waals surface area contributed by atoms with E-state index in [4.69, 9.17) is 0 Å². The lowest BCUT2D eigenvalue weighted by Gasteiger charge is -2.11. The summed E-state index contributed by atoms with van der Waals surface area (Å²) in [5, 5.41) is 6.72. The van der Waals surface area contributed by atoms with Gasteiger partial charge in [0.15, 0.2) is 5.04 Å². The molecule has 114 valence electrons. The van der Waals surface area contributed by atoms with Gasteiger partial charge < -0.3 is 4.98 Å². The van der Waals surface area contributed by atoms with Gasteiger partial charge in [-0.3, -0.25) is 14.8 Å². The number of aromatic nitrogens is 3. The number of nitrogens with one attached hydrogen (secondary N) is 1. The number of H-pyrrole nitrogens is 1. The standard InChI is InChI=1S/C16H13N5OS/c22-15-8-21(12-3-4-13-14(6-12)19-10-18-13)20-16(15)23-9-11-2-1-5-17-7-11/h1-7,10H,8-9H2,(H,18,19). The molecule has 7 heteroatoms. The van der Waals surface area contributed by atoms with Crippen LogP contribution in [0, 0.1) is 0 Å². The van der Waals surface area contributed by atoms with Gasteiger partial charge in [-0.25, -0.2) is 4.98 Å². The topological polar surface area (TPSA) is 74.2 Å². The minimum absolute atomic E-state index is 0.0450. The number of carbonyl (C=O) groups is 1. The van der Waals surface area contributed by atoms with E-state index in [2.05, 4.69) is 20.1 Å². The zero-order valence-electron chi connectivity index (χ0n) is 12.1. The lowest BCUT2D eigenvalue weighted by molar-refractivity contribution is -0.111. The third kappa shape index (κ3) is 2.83. The average molecular weight is 323 g/mol. The summed E-state index contributed by atoms with van der Waals surface area (Å²) >= 11 is 1.45. The van der Waals surface area contributed by atoms with Crippen molar-refractivity contribution in [1.82, 2.24) is 15.0 Å². The van der Waals surface area contributed by atoms with Crippen LogP contribution in [0.1, 0.15) is 5.56 Å². The fraction of sp³-hybridized carbons (Fsp3) is 0.125. The number of fused-ring (bicyclic) bond motifs is 1. The Morgan fingerprint density at radius 1 is 1.30 bits per heavy atom. The summed E-state index contributed by atoms with van der Waals surface area (Å²) in [7, 11) is 0. The maximum atomic E-state index is 12.2. The van der Waals surface area contributed by atoms with Crippen LogP contribution in [0.2, 0.25) is 0 Å². The number of imidazole rings is 1. The molecule has 1 aromatic carbocycles. The predicted octanol–water partition coefficient (Wildman–Crippen LogP) is 2.59. The van der Waals surface area contributed by atoms with Crippen molar-refractivity contribution in [2.24, 2.45) is 5.10 Å². The molecule has 0 saturated heterocycles. The number of hydrogen-bond acceptors (Lipinski definition) is 6. The Bertz CT molecular complexity index is 890. The lowest BCUT2D eigenvalue weighted by Crippen LogP contribution is -2.17. The molecule has 23 heavy (non-hydrogen) atoms. The molecular formula is C16H13N5OS. The number of Topliss-reactive ketones (excluding diaryl/α,β-unsaturated/α-hetero) is 1. The number of pyridine rings is 1. The summed E-state index contributed by atoms with van der Waals surface area (Å²) in [6.45, 7) is 0.273. The molecule has 2 aromatic heterocycles. The normalized spacial score (nSPS) is 14.5. The molecule has 6 nitrogen and oxygen atoms in total. The number of anilines is 1. The van der Waals surface area contributed by atoms with E-state index in [0.29, 0.717) is 10.8 Å². The Hall–Kier alpha value is -2.67. The number of thioether (sulfide) groups is 1. The monoisotopic (exact) mass is 323 g/mol. The molecule has 0 bridgehead atoms. The lowest BCUT2D eigenvalue weighted by atomic mass is 10.2. The van der Waals surface area contributed by atoms with Crippen molar-refractivity contribution in [2.75, 3.05) is 11.6 Å². The molecule has 0 atom stereocenters. The zero-order chi connectivity index (χ0) is 15.6. The van der Waals surface area contributed by atoms with Gasteiger partial charge in [-0.1, -0.05) is 17.8 Å². The Kier molecular flexibility index (Phi) is 3.55. The largest absolute Gasteiger partial charge is 0.345 e. The molecule has 0 spiro atoms. The molecule has 1 aliphatic rings. The highest BCUT2D eigenvalue weighted by Crippen LogP contribution is 2.25. The van der Waals surface area contributed by atoms with Crippen LogP contribution < -0.4 is 5.01 Å². The van der Waals surface area contributed by atoms with Crippen molar-refractivity contribution < 1.29 is 4.79 Å². The van der Waals surface area contributed by atoms with E-state index in [1.54, 1.807) is 23.7 Å². The first-order valence-electron chi connectivity index (χ1n) is 7.14. The number of nitrogens with zero attached hydrogens (tertiary/aromatic N) is 4. The Morgan fingerprint density at radius 3 is 3.13 bits per heavy atom. The number of carbonyl (C=O) groups excluding carboxylic acids is 1. The molecule has 4 rings (SSSR count). The smallest absolute Gasteiger partial charge is 0.210 e. The molecule has 0 fully saturated rings. The minimum atomic E-state index is 0.0450. The Morgan fingerprint density at radius 2 is 2.26 bits per heavy atom. The third-order valence-electron chi connectivity index (χ3n) is 3.54. The Labute approximate surface area is 136 Å². The van der Waals surface area contributed by atoms with Crippen LogP contribution in [-0.2, 0) is 10.5 Å². The van der Waals surface area contributed by atoms with E-state index in [1.807, 2.05) is 30.3 Å². The van der Waals surface area contributed by atoms with E-state index in [1.165, 1.54) is 11.8 Å². The van der Waals surface area contributed by atoms with E-state index in [-0.39, 0.29) is 12.3 Å². The number of benzene rings is 1. The van der Waals surface area contributed by atoms with Crippen molar-refractivity contribution in [2.45, 2.75) is 5.75 Å². The second-order valence-corrected chi connectivity index (χ2v) is 6.10. The van der Waals surface area contributed by atoms with Crippen molar-refractivity contribution in [3.63, 3.8) is 0 Å². The molecule has 0 saturated carbocycles. The fourth-order valence-corrected chi connectivity index (χ4v) is 3.24. The molecule has 0 aliphatic carbocycles. The van der Waals surface area contributed by atoms with Gasteiger partial charge in [-0.05, 0) is 29.8 Å². The van der Waals surface area contributed by atoms with Crippen LogP contribution >= 0.6 is 11.8 Å². The summed E-state index contributed by atoms with van der Waals surface area (Å²) in [4.78, 5) is 23.5. The highest BCUT2D eigenvalue weighted by atomic mass is 32.2. The number of aromatic amines is 1. The molecular weight excluding hydrogens is 310 g/mol. The quantitative estimate of drug-likeness (QED) is 0.802. The van der Waals surface area contributed by atoms with E-state index in [0.717, 1.165) is 22.3 Å². The summed E-state index contributed by atoms with van der Waals surface area (Å²) in [6.07, 6.45) is 5.19. The predicted molar refractivity (Wildman–Crippen MR) is 91.4 cm³/mol. The highest BCUT2D eigenvalue weighted by Gasteiger charge is 2.25. The maximum absolute atomic E-state index is 12.2. The molecule has 0 unspecified atom stereocenters. The van der Waals surface area contributed by atoms with Crippen molar-refractivity contribution in [1.29, 1.82) is 0 Å². The summed E-state index contributed by atoms with van der Waals surface area (Å²) in [5.74, 6) is 0.731. The number of rotatable bonds is 3. The molecule has 0 amide bonds. The van der Waals surface area contributed by atoms with Gasteiger partial charge in [0.1, 0.15) is 6.54 Å². The van der Waals surface area contributed by atoms with Crippen molar-refractivity contribution in [3.8, 4) is 0 Å². The average Bonchev–Trinajstić information content (AvgIpc) is 3.19. The maximum Gasteiger partial charge on any atom is 0.210 e. The SMILES string of the molecule is O=C1CN(c2ccc3nc[nH]c3c2)N=C1SCc1cccnc1. The van der Waals surface area contributed by atoms with Crippen LogP contribution in [-0.4, -0.2) is 32.3 Å². The van der Waals surface area contributed by atoms with Crippen molar-refractivity contribution in [3.05, 3.63) is 54.6 Å². The van der Waals surface area contributed by atoms with Gasteiger partial charge >= 0.3 is 0 Å². The van der Waals surface area contributed by atoms with Crippen LogP contribution in [0.25, 0.3) is 11.0 Å². The second-order valence-electron chi connectivity index (χ2n) is 5.14. The van der Waals surface area contributed by atoms with Crippen LogP contribution in [0.15, 0.2) is 54.2 Å². The number of hydrogen-bond donors (Lipinski definition) is 1. The molecule has 3 heterocycles. The first kappa shape index (κ1) is 14.0. The van der Waals surface area contributed by atoms with Crippen LogP contribution in [0.5, 0.6) is 0 Å². The Balaban J connectivity index is 1.52. The van der Waals surface area contributed by atoms with Crippen molar-refractivity contribution >= 4 is 39.3 Å². The first-order valence-corrected chi connectivity index (χ1v) is 8.12. The van der Waals surface area contributed by atoms with Gasteiger partial charge in [-0.2, -0.15) is 5.10 Å². The molecule has 1 aliphatic heterocycles. The van der Waals surface area contributed by atoms with E-state index in [9.17, 15) is 4.79 Å². The molecule has 1 N–H and O–H groups in total. The third-order valence-corrected chi connectivity index (χ3v) is 4.60. The first-order chi connectivity index (χ1) is 11.3. The molecule has 3 aromatic rings. The number of ketones is 1. The van der Waals surface area contributed by atoms with Crippen LogP contribution in [0.3, 0.4) is 0 Å². The van der Waals surface area contributed by atoms with Crippen LogP contribution in [0.4, 0.5) is 5.69 Å².